The second kappa shape index (κ2) is 10.7. The molecule has 0 aliphatic carbocycles. The molecular weight excluding hydrogens is 297 g/mol. The van der Waals surface area contributed by atoms with Gasteiger partial charge < -0.3 is 15.1 Å². The molecule has 2 aliphatic rings. The fourth-order valence-corrected chi connectivity index (χ4v) is 2.96. The quantitative estimate of drug-likeness (QED) is 0.857. The topological polar surface area (TPSA) is 35.6 Å². The van der Waals surface area contributed by atoms with Crippen LogP contribution in [-0.2, 0) is 4.79 Å². The van der Waals surface area contributed by atoms with Crippen molar-refractivity contribution in [3.8, 4) is 0 Å². The third kappa shape index (κ3) is 6.61. The number of nitrogens with zero attached hydrogens (tertiary/aromatic N) is 2. The van der Waals surface area contributed by atoms with Gasteiger partial charge in [0.15, 0.2) is 0 Å². The van der Waals surface area contributed by atoms with Crippen LogP contribution in [0.4, 0.5) is 0 Å². The number of hydrogen-bond donors (Lipinski definition) is 1. The average molecular weight is 326 g/mol. The van der Waals surface area contributed by atoms with Crippen LogP contribution in [0.2, 0.25) is 0 Å². The van der Waals surface area contributed by atoms with E-state index in [2.05, 4.69) is 22.0 Å². The predicted octanol–water partition coefficient (Wildman–Crippen LogP) is 1.92. The molecule has 2 fully saturated rings. The molecule has 0 saturated carbocycles. The number of nitrogens with one attached hydrogen (secondary N) is 1. The minimum Gasteiger partial charge on any atom is -0.341 e. The minimum atomic E-state index is 0. The fourth-order valence-electron chi connectivity index (χ4n) is 2.96. The minimum absolute atomic E-state index is 0. The van der Waals surface area contributed by atoms with Gasteiger partial charge in [0, 0.05) is 32.1 Å². The first-order valence-electron chi connectivity index (χ1n) is 7.49. The number of carbonyl (C=O) groups excluding carboxylic acids is 1. The summed E-state index contributed by atoms with van der Waals surface area (Å²) in [4.78, 5) is 16.5. The maximum atomic E-state index is 11.9. The van der Waals surface area contributed by atoms with Crippen LogP contribution in [0, 0.1) is 0 Å². The summed E-state index contributed by atoms with van der Waals surface area (Å²) in [7, 11) is 0. The normalized spacial score (nSPS) is 24.6. The molecule has 1 N–H and O–H groups in total. The molecule has 0 aromatic heterocycles. The number of carbonyl (C=O) groups is 1. The number of rotatable bonds is 4. The SMILES string of the molecule is CC1CN(CCCN2CCCCC2)C(=O)CCN1.Cl.Cl. The number of amides is 1. The van der Waals surface area contributed by atoms with E-state index in [-0.39, 0.29) is 24.8 Å². The van der Waals surface area contributed by atoms with Crippen molar-refractivity contribution in [3.63, 3.8) is 0 Å². The predicted molar refractivity (Wildman–Crippen MR) is 88.1 cm³/mol. The van der Waals surface area contributed by atoms with Crippen molar-refractivity contribution in [2.75, 3.05) is 39.3 Å². The Kier molecular flexibility index (Phi) is 10.6. The maximum absolute atomic E-state index is 11.9. The number of likely N-dealkylation sites (tertiary alicyclic amines) is 1. The summed E-state index contributed by atoms with van der Waals surface area (Å²) in [6.07, 6.45) is 5.88. The van der Waals surface area contributed by atoms with E-state index >= 15 is 0 Å². The van der Waals surface area contributed by atoms with Crippen molar-refractivity contribution in [3.05, 3.63) is 0 Å². The van der Waals surface area contributed by atoms with Crippen LogP contribution < -0.4 is 5.32 Å². The highest BCUT2D eigenvalue weighted by Crippen LogP contribution is 2.09. The third-order valence-corrected chi connectivity index (χ3v) is 4.03. The maximum Gasteiger partial charge on any atom is 0.223 e. The Balaban J connectivity index is 0.00000180. The fraction of sp³-hybridized carbons (Fsp3) is 0.929. The molecule has 2 rings (SSSR count). The molecule has 0 aromatic rings. The van der Waals surface area contributed by atoms with Gasteiger partial charge in [-0.3, -0.25) is 4.79 Å². The number of hydrogen-bond acceptors (Lipinski definition) is 3. The average Bonchev–Trinajstić information content (AvgIpc) is 2.53. The largest absolute Gasteiger partial charge is 0.341 e. The molecule has 0 radical (unpaired) electrons. The lowest BCUT2D eigenvalue weighted by Crippen LogP contribution is -2.39. The first-order valence-corrected chi connectivity index (χ1v) is 7.49. The molecule has 0 spiro atoms. The van der Waals surface area contributed by atoms with Gasteiger partial charge in [0.25, 0.3) is 0 Å². The van der Waals surface area contributed by atoms with E-state index in [0.29, 0.717) is 18.4 Å². The summed E-state index contributed by atoms with van der Waals surface area (Å²) < 4.78 is 0. The Labute approximate surface area is 135 Å². The zero-order valence-electron chi connectivity index (χ0n) is 12.5. The van der Waals surface area contributed by atoms with Gasteiger partial charge >= 0.3 is 0 Å². The molecule has 2 heterocycles. The highest BCUT2D eigenvalue weighted by molar-refractivity contribution is 5.85. The van der Waals surface area contributed by atoms with Crippen molar-refractivity contribution >= 4 is 30.7 Å². The zero-order valence-corrected chi connectivity index (χ0v) is 14.1. The summed E-state index contributed by atoms with van der Waals surface area (Å²) in [6.45, 7) is 8.47. The number of piperidine rings is 1. The molecule has 2 aliphatic heterocycles. The molecule has 0 aromatic carbocycles. The van der Waals surface area contributed by atoms with Crippen LogP contribution in [-0.4, -0.2) is 61.0 Å². The van der Waals surface area contributed by atoms with E-state index < -0.39 is 0 Å². The molecule has 2 saturated heterocycles. The van der Waals surface area contributed by atoms with Crippen LogP contribution in [0.15, 0.2) is 0 Å². The zero-order chi connectivity index (χ0) is 12.8. The monoisotopic (exact) mass is 325 g/mol. The lowest BCUT2D eigenvalue weighted by molar-refractivity contribution is -0.130. The van der Waals surface area contributed by atoms with Gasteiger partial charge in [-0.2, -0.15) is 0 Å². The second-order valence-corrected chi connectivity index (χ2v) is 5.70. The third-order valence-electron chi connectivity index (χ3n) is 4.03. The van der Waals surface area contributed by atoms with E-state index in [1.54, 1.807) is 0 Å². The Bertz CT molecular complexity index is 273. The van der Waals surface area contributed by atoms with Crippen molar-refractivity contribution in [1.82, 2.24) is 15.1 Å². The summed E-state index contributed by atoms with van der Waals surface area (Å²) >= 11 is 0. The molecule has 4 nitrogen and oxygen atoms in total. The van der Waals surface area contributed by atoms with Crippen LogP contribution >= 0.6 is 24.8 Å². The van der Waals surface area contributed by atoms with E-state index in [0.717, 1.165) is 32.6 Å². The van der Waals surface area contributed by atoms with Gasteiger partial charge in [0.05, 0.1) is 0 Å². The Hall–Kier alpha value is -0.0300. The molecule has 0 bridgehead atoms. The van der Waals surface area contributed by atoms with E-state index in [1.165, 1.54) is 32.4 Å². The van der Waals surface area contributed by atoms with Gasteiger partial charge in [0.1, 0.15) is 0 Å². The summed E-state index contributed by atoms with van der Waals surface area (Å²) in [5.74, 6) is 0.325. The van der Waals surface area contributed by atoms with Crippen LogP contribution in [0.25, 0.3) is 0 Å². The van der Waals surface area contributed by atoms with E-state index in [4.69, 9.17) is 0 Å². The highest BCUT2D eigenvalue weighted by atomic mass is 35.5. The van der Waals surface area contributed by atoms with Crippen molar-refractivity contribution in [1.29, 1.82) is 0 Å². The Morgan fingerprint density at radius 3 is 2.55 bits per heavy atom. The molecule has 1 atom stereocenters. The first kappa shape index (κ1) is 20.0. The summed E-state index contributed by atoms with van der Waals surface area (Å²) in [5.41, 5.74) is 0. The Morgan fingerprint density at radius 1 is 1.15 bits per heavy atom. The highest BCUT2D eigenvalue weighted by Gasteiger charge is 2.20. The second-order valence-electron chi connectivity index (χ2n) is 5.70. The van der Waals surface area contributed by atoms with Crippen LogP contribution in [0.3, 0.4) is 0 Å². The number of halogens is 2. The lowest BCUT2D eigenvalue weighted by atomic mass is 10.1. The standard InChI is InChI=1S/C14H27N3O.2ClH/c1-13-12-17(14(18)6-7-15-13)11-5-10-16-8-3-2-4-9-16;;/h13,15H,2-12H2,1H3;2*1H. The van der Waals surface area contributed by atoms with Crippen molar-refractivity contribution in [2.24, 2.45) is 0 Å². The van der Waals surface area contributed by atoms with E-state index in [9.17, 15) is 4.79 Å². The lowest BCUT2D eigenvalue weighted by Gasteiger charge is -2.28. The summed E-state index contributed by atoms with van der Waals surface area (Å²) in [5, 5.41) is 3.37. The molecule has 20 heavy (non-hydrogen) atoms. The molecule has 1 unspecified atom stereocenters. The first-order chi connectivity index (χ1) is 8.75. The molecular formula is C14H29Cl2N3O. The smallest absolute Gasteiger partial charge is 0.223 e. The molecule has 6 heteroatoms. The molecule has 1 amide bonds. The molecule has 120 valence electrons. The van der Waals surface area contributed by atoms with Gasteiger partial charge in [-0.15, -0.1) is 24.8 Å². The van der Waals surface area contributed by atoms with Gasteiger partial charge in [-0.25, -0.2) is 0 Å². The van der Waals surface area contributed by atoms with Gasteiger partial charge in [-0.1, -0.05) is 6.42 Å². The van der Waals surface area contributed by atoms with Crippen LogP contribution in [0.5, 0.6) is 0 Å². The van der Waals surface area contributed by atoms with Crippen LogP contribution in [0.1, 0.15) is 39.0 Å². The van der Waals surface area contributed by atoms with Crippen molar-refractivity contribution < 1.29 is 4.79 Å². The van der Waals surface area contributed by atoms with Gasteiger partial charge in [0.2, 0.25) is 5.91 Å². The summed E-state index contributed by atoms with van der Waals surface area (Å²) in [6, 6.07) is 0.437. The van der Waals surface area contributed by atoms with E-state index in [1.807, 2.05) is 0 Å². The van der Waals surface area contributed by atoms with Gasteiger partial charge in [-0.05, 0) is 45.8 Å². The Morgan fingerprint density at radius 2 is 1.85 bits per heavy atom. The van der Waals surface area contributed by atoms with Crippen molar-refractivity contribution in [2.45, 2.75) is 45.1 Å².